The lowest BCUT2D eigenvalue weighted by Crippen LogP contribution is -2.44. The van der Waals surface area contributed by atoms with E-state index in [2.05, 4.69) is 45.4 Å². The van der Waals surface area contributed by atoms with Crippen LogP contribution >= 0.6 is 0 Å². The predicted molar refractivity (Wildman–Crippen MR) is 84.9 cm³/mol. The Morgan fingerprint density at radius 2 is 1.95 bits per heavy atom. The van der Waals surface area contributed by atoms with Gasteiger partial charge >= 0.3 is 0 Å². The van der Waals surface area contributed by atoms with E-state index in [9.17, 15) is 4.79 Å². The average molecular weight is 296 g/mol. The Hall–Kier alpha value is -2.24. The number of aromatic nitrogens is 1. The Labute approximate surface area is 130 Å². The number of nitrogens with zero attached hydrogens (tertiary/aromatic N) is 1. The number of nitrogens with one attached hydrogen (secondary N) is 3. The number of carbonyl (C=O) groups is 1. The summed E-state index contributed by atoms with van der Waals surface area (Å²) >= 11 is 0. The van der Waals surface area contributed by atoms with Gasteiger partial charge in [0.2, 0.25) is 0 Å². The third-order valence-electron chi connectivity index (χ3n) is 3.81. The Morgan fingerprint density at radius 3 is 2.73 bits per heavy atom. The van der Waals surface area contributed by atoms with E-state index in [-0.39, 0.29) is 12.1 Å². The molecule has 2 heterocycles. The second-order valence-corrected chi connectivity index (χ2v) is 5.49. The van der Waals surface area contributed by atoms with Gasteiger partial charge in [-0.15, -0.1) is 0 Å². The Kier molecular flexibility index (Phi) is 4.78. The fourth-order valence-corrected chi connectivity index (χ4v) is 2.62. The summed E-state index contributed by atoms with van der Waals surface area (Å²) < 4.78 is 0. The number of amides is 1. The molecule has 0 spiro atoms. The van der Waals surface area contributed by atoms with Gasteiger partial charge in [0, 0.05) is 12.2 Å². The fourth-order valence-electron chi connectivity index (χ4n) is 2.62. The molecule has 5 nitrogen and oxygen atoms in total. The van der Waals surface area contributed by atoms with Gasteiger partial charge in [-0.3, -0.25) is 15.2 Å². The van der Waals surface area contributed by atoms with Crippen molar-refractivity contribution in [3.8, 4) is 0 Å². The van der Waals surface area contributed by atoms with Crippen molar-refractivity contribution in [2.45, 2.75) is 31.5 Å². The lowest BCUT2D eigenvalue weighted by atomic mass is 10.0. The summed E-state index contributed by atoms with van der Waals surface area (Å²) in [5.41, 5.74) is 8.16. The van der Waals surface area contributed by atoms with Crippen LogP contribution < -0.4 is 16.2 Å². The molecule has 1 aliphatic rings. The Morgan fingerprint density at radius 1 is 1.14 bits per heavy atom. The summed E-state index contributed by atoms with van der Waals surface area (Å²) in [6.07, 6.45) is 4.49. The summed E-state index contributed by atoms with van der Waals surface area (Å²) in [5.74, 6) is -0.149. The van der Waals surface area contributed by atoms with Gasteiger partial charge in [-0.2, -0.15) is 0 Å². The molecule has 3 rings (SSSR count). The summed E-state index contributed by atoms with van der Waals surface area (Å²) in [5, 5.41) is 2.95. The van der Waals surface area contributed by atoms with Crippen LogP contribution in [0.3, 0.4) is 0 Å². The summed E-state index contributed by atoms with van der Waals surface area (Å²) in [6.45, 7) is 0. The van der Waals surface area contributed by atoms with Gasteiger partial charge in [0.15, 0.2) is 0 Å². The first-order chi connectivity index (χ1) is 10.8. The summed E-state index contributed by atoms with van der Waals surface area (Å²) in [4.78, 5) is 16.1. The highest BCUT2D eigenvalue weighted by molar-refractivity contribution is 5.92. The number of pyridine rings is 1. The van der Waals surface area contributed by atoms with Gasteiger partial charge < -0.3 is 5.32 Å². The molecule has 3 N–H and O–H groups in total. The van der Waals surface area contributed by atoms with Gasteiger partial charge in [0.1, 0.15) is 5.69 Å². The topological polar surface area (TPSA) is 66.1 Å². The maximum Gasteiger partial charge on any atom is 0.271 e. The molecule has 2 atom stereocenters. The minimum absolute atomic E-state index is 0.0599. The van der Waals surface area contributed by atoms with Gasteiger partial charge in [0.05, 0.1) is 6.17 Å². The quantitative estimate of drug-likeness (QED) is 0.785. The zero-order valence-electron chi connectivity index (χ0n) is 12.3. The van der Waals surface area contributed by atoms with E-state index in [0.29, 0.717) is 11.7 Å². The summed E-state index contributed by atoms with van der Waals surface area (Å²) in [6, 6.07) is 16.1. The molecule has 114 valence electrons. The number of hydrogen-bond acceptors (Lipinski definition) is 4. The van der Waals surface area contributed by atoms with Crippen molar-refractivity contribution in [3.63, 3.8) is 0 Å². The van der Waals surface area contributed by atoms with Crippen LogP contribution in [0.25, 0.3) is 0 Å². The first kappa shape index (κ1) is 14.7. The van der Waals surface area contributed by atoms with Crippen LogP contribution in [0.15, 0.2) is 54.7 Å². The third-order valence-corrected chi connectivity index (χ3v) is 3.81. The maximum atomic E-state index is 12.0. The molecule has 22 heavy (non-hydrogen) atoms. The second-order valence-electron chi connectivity index (χ2n) is 5.49. The molecular formula is C17H20N4O. The largest absolute Gasteiger partial charge is 0.334 e. The van der Waals surface area contributed by atoms with Crippen molar-refractivity contribution >= 4 is 5.91 Å². The standard InChI is InChI=1S/C17H20N4O/c22-17(15-8-4-5-11-18-15)19-16-12-14(20-21-16)10-9-13-6-2-1-3-7-13/h1-8,11,14,16,20-21H,9-10,12H2,(H,19,22). The van der Waals surface area contributed by atoms with Crippen LogP contribution in [0.5, 0.6) is 0 Å². The average Bonchev–Trinajstić information content (AvgIpc) is 3.02. The molecule has 1 amide bonds. The highest BCUT2D eigenvalue weighted by atomic mass is 16.2. The molecular weight excluding hydrogens is 276 g/mol. The minimum atomic E-state index is -0.149. The number of hydrogen-bond donors (Lipinski definition) is 3. The smallest absolute Gasteiger partial charge is 0.271 e. The molecule has 2 aromatic rings. The molecule has 1 aromatic carbocycles. The first-order valence-electron chi connectivity index (χ1n) is 7.58. The van der Waals surface area contributed by atoms with E-state index in [1.807, 2.05) is 12.1 Å². The van der Waals surface area contributed by atoms with Crippen molar-refractivity contribution in [3.05, 3.63) is 66.0 Å². The molecule has 1 fully saturated rings. The van der Waals surface area contributed by atoms with Crippen molar-refractivity contribution in [1.82, 2.24) is 21.2 Å². The van der Waals surface area contributed by atoms with Gasteiger partial charge in [-0.05, 0) is 37.0 Å². The van der Waals surface area contributed by atoms with Crippen LogP contribution in [-0.2, 0) is 6.42 Å². The highest BCUT2D eigenvalue weighted by Crippen LogP contribution is 2.11. The van der Waals surface area contributed by atoms with Crippen LogP contribution in [-0.4, -0.2) is 23.1 Å². The Bertz CT molecular complexity index is 603. The van der Waals surface area contributed by atoms with Crippen LogP contribution in [0.1, 0.15) is 28.9 Å². The van der Waals surface area contributed by atoms with Crippen LogP contribution in [0, 0.1) is 0 Å². The maximum absolute atomic E-state index is 12.0. The zero-order chi connectivity index (χ0) is 15.2. The molecule has 1 saturated heterocycles. The molecule has 2 unspecified atom stereocenters. The van der Waals surface area contributed by atoms with Crippen LogP contribution in [0.4, 0.5) is 0 Å². The predicted octanol–water partition coefficient (Wildman–Crippen LogP) is 1.64. The lowest BCUT2D eigenvalue weighted by Gasteiger charge is -2.11. The van der Waals surface area contributed by atoms with Gasteiger partial charge in [-0.25, -0.2) is 5.43 Å². The fraction of sp³-hybridized carbons (Fsp3) is 0.294. The number of benzene rings is 1. The van der Waals surface area contributed by atoms with Gasteiger partial charge in [0.25, 0.3) is 5.91 Å². The molecule has 1 aliphatic heterocycles. The first-order valence-corrected chi connectivity index (χ1v) is 7.58. The Balaban J connectivity index is 1.45. The number of hydrazine groups is 1. The molecule has 1 aromatic heterocycles. The molecule has 0 saturated carbocycles. The number of carbonyl (C=O) groups excluding carboxylic acids is 1. The molecule has 0 radical (unpaired) electrons. The van der Waals surface area contributed by atoms with Crippen molar-refractivity contribution in [1.29, 1.82) is 0 Å². The SMILES string of the molecule is O=C(NC1CC(CCc2ccccc2)NN1)c1ccccn1. The minimum Gasteiger partial charge on any atom is -0.334 e. The third kappa shape index (κ3) is 3.90. The van der Waals surface area contributed by atoms with E-state index < -0.39 is 0 Å². The number of aryl methyl sites for hydroxylation is 1. The van der Waals surface area contributed by atoms with Crippen molar-refractivity contribution < 1.29 is 4.79 Å². The van der Waals surface area contributed by atoms with Gasteiger partial charge in [-0.1, -0.05) is 36.4 Å². The lowest BCUT2D eigenvalue weighted by molar-refractivity contribution is 0.0927. The van der Waals surface area contributed by atoms with E-state index in [1.54, 1.807) is 18.3 Å². The van der Waals surface area contributed by atoms with E-state index in [4.69, 9.17) is 0 Å². The van der Waals surface area contributed by atoms with Crippen molar-refractivity contribution in [2.75, 3.05) is 0 Å². The normalized spacial score (nSPS) is 20.7. The van der Waals surface area contributed by atoms with E-state index in [0.717, 1.165) is 19.3 Å². The highest BCUT2D eigenvalue weighted by Gasteiger charge is 2.25. The zero-order valence-corrected chi connectivity index (χ0v) is 12.3. The monoisotopic (exact) mass is 296 g/mol. The molecule has 5 heteroatoms. The molecule has 0 aliphatic carbocycles. The molecule has 0 bridgehead atoms. The van der Waals surface area contributed by atoms with Crippen molar-refractivity contribution in [2.24, 2.45) is 0 Å². The van der Waals surface area contributed by atoms with Crippen LogP contribution in [0.2, 0.25) is 0 Å². The van der Waals surface area contributed by atoms with E-state index >= 15 is 0 Å². The van der Waals surface area contributed by atoms with E-state index in [1.165, 1.54) is 5.56 Å². The second kappa shape index (κ2) is 7.15. The number of rotatable bonds is 5. The summed E-state index contributed by atoms with van der Waals surface area (Å²) in [7, 11) is 0.